The summed E-state index contributed by atoms with van der Waals surface area (Å²) < 4.78 is 0. The lowest BCUT2D eigenvalue weighted by Gasteiger charge is -2.09. The summed E-state index contributed by atoms with van der Waals surface area (Å²) in [5.74, 6) is -0.0465. The van der Waals surface area contributed by atoms with Crippen LogP contribution in [0.15, 0.2) is 55.0 Å². The van der Waals surface area contributed by atoms with Crippen molar-refractivity contribution in [2.24, 2.45) is 0 Å². The van der Waals surface area contributed by atoms with Gasteiger partial charge < -0.3 is 10.6 Å². The van der Waals surface area contributed by atoms with Crippen molar-refractivity contribution in [3.8, 4) is 0 Å². The largest absolute Gasteiger partial charge is 0.347 e. The number of pyridine rings is 1. The van der Waals surface area contributed by atoms with Gasteiger partial charge in [0.2, 0.25) is 5.95 Å². The molecule has 6 nitrogen and oxygen atoms in total. The molecule has 0 unspecified atom stereocenters. The van der Waals surface area contributed by atoms with Gasteiger partial charge in [-0.2, -0.15) is 0 Å². The fraction of sp³-hybridized carbons (Fsp3) is 0.0588. The maximum atomic E-state index is 12.2. The average Bonchev–Trinajstić information content (AvgIpc) is 2.63. The Morgan fingerprint density at radius 2 is 2.00 bits per heavy atom. The number of anilines is 2. The highest BCUT2D eigenvalue weighted by atomic mass is 35.5. The third kappa shape index (κ3) is 4.65. The molecule has 0 spiro atoms. The normalized spacial score (nSPS) is 10.3. The number of halogens is 2. The van der Waals surface area contributed by atoms with Gasteiger partial charge in [-0.15, -0.1) is 0 Å². The van der Waals surface area contributed by atoms with Gasteiger partial charge in [-0.05, 0) is 35.9 Å². The van der Waals surface area contributed by atoms with Gasteiger partial charge in [0, 0.05) is 30.2 Å². The second-order valence-electron chi connectivity index (χ2n) is 5.06. The van der Waals surface area contributed by atoms with Crippen molar-refractivity contribution in [2.45, 2.75) is 6.54 Å². The highest BCUT2D eigenvalue weighted by molar-refractivity contribution is 6.36. The molecule has 0 saturated heterocycles. The summed E-state index contributed by atoms with van der Waals surface area (Å²) in [6.07, 6.45) is 4.86. The zero-order chi connectivity index (χ0) is 17.6. The van der Waals surface area contributed by atoms with E-state index in [0.717, 1.165) is 5.56 Å². The molecule has 0 bridgehead atoms. The second kappa shape index (κ2) is 7.92. The number of hydrogen-bond acceptors (Lipinski definition) is 5. The smallest absolute Gasteiger partial charge is 0.270 e. The Balaban J connectivity index is 1.69. The minimum Gasteiger partial charge on any atom is -0.347 e. The molecule has 0 fully saturated rings. The van der Waals surface area contributed by atoms with E-state index in [4.69, 9.17) is 23.2 Å². The number of amides is 1. The molecule has 0 aliphatic carbocycles. The van der Waals surface area contributed by atoms with E-state index < -0.39 is 0 Å². The van der Waals surface area contributed by atoms with E-state index >= 15 is 0 Å². The topological polar surface area (TPSA) is 79.8 Å². The number of benzene rings is 1. The van der Waals surface area contributed by atoms with Crippen molar-refractivity contribution in [3.63, 3.8) is 0 Å². The summed E-state index contributed by atoms with van der Waals surface area (Å²) in [5, 5.41) is 6.71. The fourth-order valence-corrected chi connectivity index (χ4v) is 2.49. The van der Waals surface area contributed by atoms with Crippen LogP contribution in [0.25, 0.3) is 0 Å². The van der Waals surface area contributed by atoms with Crippen molar-refractivity contribution >= 4 is 40.7 Å². The van der Waals surface area contributed by atoms with Gasteiger partial charge in [-0.25, -0.2) is 9.97 Å². The van der Waals surface area contributed by atoms with Crippen LogP contribution in [0, 0.1) is 0 Å². The van der Waals surface area contributed by atoms with Crippen LogP contribution in [0.5, 0.6) is 0 Å². The summed E-state index contributed by atoms with van der Waals surface area (Å²) in [4.78, 5) is 24.5. The maximum absolute atomic E-state index is 12.2. The van der Waals surface area contributed by atoms with Crippen LogP contribution in [0.1, 0.15) is 16.1 Å². The molecule has 0 radical (unpaired) electrons. The number of carbonyl (C=O) groups is 1. The number of hydrogen-bond donors (Lipinski definition) is 2. The molecule has 2 aromatic heterocycles. The third-order valence-electron chi connectivity index (χ3n) is 3.24. The van der Waals surface area contributed by atoms with Gasteiger partial charge in [0.05, 0.1) is 10.7 Å². The quantitative estimate of drug-likeness (QED) is 0.709. The molecule has 126 valence electrons. The fourth-order valence-electron chi connectivity index (χ4n) is 2.03. The molecular formula is C17H13Cl2N5O. The van der Waals surface area contributed by atoms with Crippen LogP contribution >= 0.6 is 23.2 Å². The molecule has 1 amide bonds. The molecule has 0 atom stereocenters. The molecule has 0 aliphatic rings. The summed E-state index contributed by atoms with van der Waals surface area (Å²) in [7, 11) is 0. The van der Waals surface area contributed by atoms with E-state index in [9.17, 15) is 4.79 Å². The van der Waals surface area contributed by atoms with Crippen LogP contribution in [0.3, 0.4) is 0 Å². The van der Waals surface area contributed by atoms with Gasteiger partial charge in [0.25, 0.3) is 5.91 Å². The Hall–Kier alpha value is -2.70. The van der Waals surface area contributed by atoms with Crippen LogP contribution in [0.2, 0.25) is 10.0 Å². The lowest BCUT2D eigenvalue weighted by molar-refractivity contribution is 0.0946. The Labute approximate surface area is 154 Å². The Kier molecular flexibility index (Phi) is 5.42. The van der Waals surface area contributed by atoms with Crippen molar-refractivity contribution in [1.82, 2.24) is 20.3 Å². The van der Waals surface area contributed by atoms with Crippen LogP contribution in [-0.4, -0.2) is 20.9 Å². The number of nitrogens with zero attached hydrogens (tertiary/aromatic N) is 3. The van der Waals surface area contributed by atoms with E-state index in [0.29, 0.717) is 22.3 Å². The molecular weight excluding hydrogens is 361 g/mol. The molecule has 3 rings (SSSR count). The number of carbonyl (C=O) groups excluding carboxylic acids is 1. The molecule has 3 aromatic rings. The highest BCUT2D eigenvalue weighted by Crippen LogP contribution is 2.27. The van der Waals surface area contributed by atoms with Crippen molar-refractivity contribution < 1.29 is 4.79 Å². The molecule has 0 aliphatic heterocycles. The Bertz CT molecular complexity index is 889. The first-order chi connectivity index (χ1) is 12.1. The van der Waals surface area contributed by atoms with E-state index in [1.165, 1.54) is 12.3 Å². The van der Waals surface area contributed by atoms with Gasteiger partial charge in [0.1, 0.15) is 5.69 Å². The summed E-state index contributed by atoms with van der Waals surface area (Å²) in [5.41, 5.74) is 1.74. The molecule has 8 heteroatoms. The summed E-state index contributed by atoms with van der Waals surface area (Å²) >= 11 is 12.0. The third-order valence-corrected chi connectivity index (χ3v) is 3.79. The molecule has 2 N–H and O–H groups in total. The van der Waals surface area contributed by atoms with Crippen LogP contribution in [0.4, 0.5) is 11.6 Å². The summed E-state index contributed by atoms with van der Waals surface area (Å²) in [6, 6.07) is 10.2. The van der Waals surface area contributed by atoms with E-state index in [2.05, 4.69) is 25.6 Å². The predicted octanol–water partition coefficient (Wildman–Crippen LogP) is 3.85. The Morgan fingerprint density at radius 1 is 1.12 bits per heavy atom. The number of nitrogens with one attached hydrogen (secondary N) is 2. The lowest BCUT2D eigenvalue weighted by Crippen LogP contribution is -2.24. The maximum Gasteiger partial charge on any atom is 0.270 e. The van der Waals surface area contributed by atoms with Gasteiger partial charge in [-0.3, -0.25) is 9.78 Å². The molecule has 2 heterocycles. The lowest BCUT2D eigenvalue weighted by atomic mass is 10.3. The first kappa shape index (κ1) is 17.1. The van der Waals surface area contributed by atoms with Crippen LogP contribution < -0.4 is 10.6 Å². The van der Waals surface area contributed by atoms with E-state index in [1.807, 2.05) is 12.1 Å². The molecule has 25 heavy (non-hydrogen) atoms. The van der Waals surface area contributed by atoms with Crippen molar-refractivity contribution in [2.75, 3.05) is 5.32 Å². The first-order valence-corrected chi connectivity index (χ1v) is 8.09. The van der Waals surface area contributed by atoms with Crippen molar-refractivity contribution in [1.29, 1.82) is 0 Å². The number of aromatic nitrogens is 3. The highest BCUT2D eigenvalue weighted by Gasteiger charge is 2.10. The minimum atomic E-state index is -0.309. The zero-order valence-electron chi connectivity index (χ0n) is 12.9. The average molecular weight is 374 g/mol. The van der Waals surface area contributed by atoms with Gasteiger partial charge in [-0.1, -0.05) is 29.3 Å². The monoisotopic (exact) mass is 373 g/mol. The van der Waals surface area contributed by atoms with Gasteiger partial charge >= 0.3 is 0 Å². The zero-order valence-corrected chi connectivity index (χ0v) is 14.4. The number of rotatable bonds is 5. The SMILES string of the molecule is O=C(NCc1cccnc1)c1ccnc(Nc2ccc(Cl)cc2Cl)n1. The minimum absolute atomic E-state index is 0.242. The summed E-state index contributed by atoms with van der Waals surface area (Å²) in [6.45, 7) is 0.364. The van der Waals surface area contributed by atoms with Crippen LogP contribution in [-0.2, 0) is 6.54 Å². The standard InChI is InChI=1S/C17H13Cl2N5O/c18-12-3-4-14(13(19)8-12)23-17-21-7-5-15(24-17)16(25)22-10-11-2-1-6-20-9-11/h1-9H,10H2,(H,22,25)(H,21,23,24). The van der Waals surface area contributed by atoms with E-state index in [-0.39, 0.29) is 17.5 Å². The molecule has 0 saturated carbocycles. The van der Waals surface area contributed by atoms with Crippen molar-refractivity contribution in [3.05, 3.63) is 76.3 Å². The van der Waals surface area contributed by atoms with E-state index in [1.54, 1.807) is 30.6 Å². The first-order valence-electron chi connectivity index (χ1n) is 7.34. The van der Waals surface area contributed by atoms with Gasteiger partial charge in [0.15, 0.2) is 0 Å². The Morgan fingerprint density at radius 3 is 2.76 bits per heavy atom. The molecule has 1 aromatic carbocycles. The predicted molar refractivity (Wildman–Crippen MR) is 97.2 cm³/mol. The second-order valence-corrected chi connectivity index (χ2v) is 5.90.